The lowest BCUT2D eigenvalue weighted by Gasteiger charge is -2.18. The average molecular weight is 381 g/mol. The van der Waals surface area contributed by atoms with E-state index in [-0.39, 0.29) is 0 Å². The molecule has 3 rings (SSSR count). The number of hydrogen-bond acceptors (Lipinski definition) is 3. The Morgan fingerprint density at radius 1 is 0.929 bits per heavy atom. The van der Waals surface area contributed by atoms with Crippen LogP contribution in [0.3, 0.4) is 0 Å². The monoisotopic (exact) mass is 381 g/mol. The third-order valence-electron chi connectivity index (χ3n) is 4.04. The Balaban J connectivity index is 1.85. The number of benzene rings is 3. The van der Waals surface area contributed by atoms with Crippen molar-refractivity contribution in [2.24, 2.45) is 0 Å². The van der Waals surface area contributed by atoms with Crippen LogP contribution >= 0.6 is 0 Å². The molecule has 0 unspecified atom stereocenters. The van der Waals surface area contributed by atoms with Crippen molar-refractivity contribution >= 4 is 17.6 Å². The number of anilines is 1. The quantitative estimate of drug-likeness (QED) is 0.646. The number of amides is 1. The van der Waals surface area contributed by atoms with Gasteiger partial charge in [0.05, 0.1) is 5.56 Å². The van der Waals surface area contributed by atoms with Crippen LogP contribution in [0.1, 0.15) is 27.6 Å². The van der Waals surface area contributed by atoms with Crippen molar-refractivity contribution in [2.75, 3.05) is 5.32 Å². The minimum absolute atomic E-state index is 0.419. The van der Waals surface area contributed by atoms with Crippen molar-refractivity contribution in [1.29, 1.82) is 0 Å². The maximum absolute atomic E-state index is 13.9. The van der Waals surface area contributed by atoms with Crippen molar-refractivity contribution < 1.29 is 23.1 Å². The van der Waals surface area contributed by atoms with Gasteiger partial charge in [-0.1, -0.05) is 48.0 Å². The van der Waals surface area contributed by atoms with E-state index in [4.69, 9.17) is 4.74 Å². The third kappa shape index (κ3) is 4.59. The maximum Gasteiger partial charge on any atom is 0.342 e. The van der Waals surface area contributed by atoms with E-state index in [2.05, 4.69) is 5.32 Å². The molecule has 28 heavy (non-hydrogen) atoms. The van der Waals surface area contributed by atoms with Crippen LogP contribution in [-0.2, 0) is 9.53 Å². The van der Waals surface area contributed by atoms with Gasteiger partial charge in [0.2, 0.25) is 6.10 Å². The zero-order chi connectivity index (χ0) is 20.1. The number of halogens is 2. The van der Waals surface area contributed by atoms with Gasteiger partial charge in [-0.15, -0.1) is 0 Å². The summed E-state index contributed by atoms with van der Waals surface area (Å²) in [5, 5.41) is 2.68. The number of hydrogen-bond donors (Lipinski definition) is 1. The topological polar surface area (TPSA) is 55.4 Å². The molecule has 0 saturated carbocycles. The molecule has 3 aromatic carbocycles. The second kappa shape index (κ2) is 8.43. The van der Waals surface area contributed by atoms with Crippen LogP contribution in [0.5, 0.6) is 0 Å². The minimum atomic E-state index is -1.31. The lowest BCUT2D eigenvalue weighted by Crippen LogP contribution is -2.26. The molecule has 0 aromatic heterocycles. The van der Waals surface area contributed by atoms with E-state index in [9.17, 15) is 18.4 Å². The van der Waals surface area contributed by atoms with Crippen molar-refractivity contribution in [3.63, 3.8) is 0 Å². The summed E-state index contributed by atoms with van der Waals surface area (Å²) < 4.78 is 32.3. The van der Waals surface area contributed by atoms with Crippen LogP contribution in [0.15, 0.2) is 72.8 Å². The summed E-state index contributed by atoms with van der Waals surface area (Å²) in [6.07, 6.45) is -1.31. The first-order chi connectivity index (χ1) is 13.4. The fourth-order valence-electron chi connectivity index (χ4n) is 2.57. The summed E-state index contributed by atoms with van der Waals surface area (Å²) in [5.74, 6) is -3.53. The van der Waals surface area contributed by atoms with Gasteiger partial charge in [0.1, 0.15) is 11.6 Å². The Morgan fingerprint density at radius 3 is 2.25 bits per heavy atom. The van der Waals surface area contributed by atoms with Gasteiger partial charge in [-0.25, -0.2) is 13.6 Å². The Labute approximate surface area is 160 Å². The summed E-state index contributed by atoms with van der Waals surface area (Å²) in [6, 6.07) is 18.0. The number of nitrogens with one attached hydrogen (secondary N) is 1. The number of rotatable bonds is 5. The molecule has 142 valence electrons. The van der Waals surface area contributed by atoms with Gasteiger partial charge in [-0.3, -0.25) is 4.79 Å². The Kier molecular flexibility index (Phi) is 5.79. The van der Waals surface area contributed by atoms with Crippen molar-refractivity contribution in [1.82, 2.24) is 0 Å². The SMILES string of the molecule is Cc1ccc(NC(=O)[C@@H](OC(=O)c2ccc(F)cc2F)c2ccccc2)cc1. The Morgan fingerprint density at radius 2 is 1.61 bits per heavy atom. The molecule has 0 heterocycles. The zero-order valence-corrected chi connectivity index (χ0v) is 15.0. The summed E-state index contributed by atoms with van der Waals surface area (Å²) in [5.41, 5.74) is 1.52. The second-order valence-corrected chi connectivity index (χ2v) is 6.18. The Hall–Kier alpha value is -3.54. The second-order valence-electron chi connectivity index (χ2n) is 6.18. The lowest BCUT2D eigenvalue weighted by atomic mass is 10.1. The molecule has 0 spiro atoms. The fraction of sp³-hybridized carbons (Fsp3) is 0.0909. The molecule has 3 aromatic rings. The van der Waals surface area contributed by atoms with Gasteiger partial charge in [0, 0.05) is 17.3 Å². The Bertz CT molecular complexity index is 988. The molecule has 0 aliphatic rings. The molecule has 0 aliphatic heterocycles. The van der Waals surface area contributed by atoms with Crippen LogP contribution in [-0.4, -0.2) is 11.9 Å². The van der Waals surface area contributed by atoms with Gasteiger partial charge in [-0.2, -0.15) is 0 Å². The number of esters is 1. The largest absolute Gasteiger partial charge is 0.444 e. The molecule has 0 radical (unpaired) electrons. The number of aryl methyl sites for hydroxylation is 1. The van der Waals surface area contributed by atoms with Crippen LogP contribution in [0.4, 0.5) is 14.5 Å². The molecular formula is C22H17F2NO3. The first-order valence-corrected chi connectivity index (χ1v) is 8.52. The van der Waals surface area contributed by atoms with Crippen LogP contribution in [0, 0.1) is 18.6 Å². The standard InChI is InChI=1S/C22H17F2NO3/c1-14-7-10-17(11-8-14)25-21(26)20(15-5-3-2-4-6-15)28-22(27)18-12-9-16(23)13-19(18)24/h2-13,20H,1H3,(H,25,26)/t20-/m0/s1. The zero-order valence-electron chi connectivity index (χ0n) is 15.0. The van der Waals surface area contributed by atoms with Crippen molar-refractivity contribution in [2.45, 2.75) is 13.0 Å². The first kappa shape index (κ1) is 19.2. The van der Waals surface area contributed by atoms with Gasteiger partial charge >= 0.3 is 5.97 Å². The number of ether oxygens (including phenoxy) is 1. The summed E-state index contributed by atoms with van der Waals surface area (Å²) in [7, 11) is 0. The molecule has 0 saturated heterocycles. The van der Waals surface area contributed by atoms with Gasteiger partial charge in [0.15, 0.2) is 0 Å². The highest BCUT2D eigenvalue weighted by Crippen LogP contribution is 2.23. The van der Waals surface area contributed by atoms with E-state index in [1.165, 1.54) is 0 Å². The van der Waals surface area contributed by atoms with Crippen molar-refractivity contribution in [3.05, 3.63) is 101 Å². The number of carbonyl (C=O) groups excluding carboxylic acids is 2. The predicted octanol–water partition coefficient (Wildman–Crippen LogP) is 4.81. The third-order valence-corrected chi connectivity index (χ3v) is 4.04. The van der Waals surface area contributed by atoms with Crippen LogP contribution < -0.4 is 5.32 Å². The molecule has 0 fully saturated rings. The highest BCUT2D eigenvalue weighted by Gasteiger charge is 2.27. The smallest absolute Gasteiger partial charge is 0.342 e. The molecule has 4 nitrogen and oxygen atoms in total. The predicted molar refractivity (Wildman–Crippen MR) is 101 cm³/mol. The molecule has 0 bridgehead atoms. The summed E-state index contributed by atoms with van der Waals surface area (Å²) in [4.78, 5) is 25.2. The molecule has 6 heteroatoms. The summed E-state index contributed by atoms with van der Waals surface area (Å²) >= 11 is 0. The highest BCUT2D eigenvalue weighted by molar-refractivity contribution is 5.98. The van der Waals surface area contributed by atoms with E-state index >= 15 is 0 Å². The van der Waals surface area contributed by atoms with Gasteiger partial charge in [-0.05, 0) is 31.2 Å². The molecule has 1 amide bonds. The highest BCUT2D eigenvalue weighted by atomic mass is 19.1. The molecule has 1 atom stereocenters. The summed E-state index contributed by atoms with van der Waals surface area (Å²) in [6.45, 7) is 1.91. The lowest BCUT2D eigenvalue weighted by molar-refractivity contribution is -0.125. The van der Waals surface area contributed by atoms with Crippen LogP contribution in [0.25, 0.3) is 0 Å². The molecule has 0 aliphatic carbocycles. The first-order valence-electron chi connectivity index (χ1n) is 8.52. The fourth-order valence-corrected chi connectivity index (χ4v) is 2.57. The van der Waals surface area contributed by atoms with E-state index in [1.54, 1.807) is 42.5 Å². The van der Waals surface area contributed by atoms with E-state index in [0.29, 0.717) is 17.3 Å². The van der Waals surface area contributed by atoms with Crippen LogP contribution in [0.2, 0.25) is 0 Å². The van der Waals surface area contributed by atoms with E-state index in [0.717, 1.165) is 17.7 Å². The molecular weight excluding hydrogens is 364 g/mol. The normalized spacial score (nSPS) is 11.5. The molecule has 1 N–H and O–H groups in total. The maximum atomic E-state index is 13.9. The average Bonchev–Trinajstić information content (AvgIpc) is 2.68. The van der Waals surface area contributed by atoms with E-state index < -0.39 is 35.2 Å². The van der Waals surface area contributed by atoms with E-state index in [1.807, 2.05) is 19.1 Å². The van der Waals surface area contributed by atoms with Gasteiger partial charge in [0.25, 0.3) is 5.91 Å². The van der Waals surface area contributed by atoms with Gasteiger partial charge < -0.3 is 10.1 Å². The van der Waals surface area contributed by atoms with Crippen molar-refractivity contribution in [3.8, 4) is 0 Å². The number of carbonyl (C=O) groups is 2. The minimum Gasteiger partial charge on any atom is -0.444 e.